The van der Waals surface area contributed by atoms with Gasteiger partial charge in [-0.3, -0.25) is 14.6 Å². The van der Waals surface area contributed by atoms with Gasteiger partial charge in [-0.15, -0.1) is 24.2 Å². The van der Waals surface area contributed by atoms with Crippen LogP contribution in [-0.2, 0) is 9.53 Å². The Morgan fingerprint density at radius 2 is 1.94 bits per heavy atom. The molecule has 1 aromatic heterocycles. The monoisotopic (exact) mass is 523 g/mol. The van der Waals surface area contributed by atoms with Gasteiger partial charge in [-0.05, 0) is 67.5 Å². The molecular weight excluding hydrogens is 493 g/mol. The van der Waals surface area contributed by atoms with E-state index in [2.05, 4.69) is 24.0 Å². The van der Waals surface area contributed by atoms with Crippen LogP contribution >= 0.6 is 35.5 Å². The number of aryl methyl sites for hydroxylation is 1. The van der Waals surface area contributed by atoms with Gasteiger partial charge in [-0.2, -0.15) is 0 Å². The average Bonchev–Trinajstić information content (AvgIpc) is 3.24. The highest BCUT2D eigenvalue weighted by Crippen LogP contribution is 2.30. The number of ether oxygens (including phenoxy) is 1. The smallest absolute Gasteiger partial charge is 0.228 e. The Hall–Kier alpha value is -1.71. The van der Waals surface area contributed by atoms with E-state index in [1.165, 1.54) is 17.7 Å². The standard InChI is InChI=1S/C25H30FN3O2S2.ClH/c1-19-5-10-22-23(18-19)33-25(27-22)29(12-3-11-28-13-15-31-16-14-28)24(30)4-2-17-32-21-8-6-20(26)7-9-21;/h5-10,18H,2-4,11-17H2,1H3;1H. The molecule has 1 saturated heterocycles. The fraction of sp³-hybridized carbons (Fsp3) is 0.440. The summed E-state index contributed by atoms with van der Waals surface area (Å²) < 4.78 is 19.6. The van der Waals surface area contributed by atoms with Gasteiger partial charge in [-0.25, -0.2) is 9.37 Å². The van der Waals surface area contributed by atoms with E-state index in [0.29, 0.717) is 13.0 Å². The number of carbonyl (C=O) groups excluding carboxylic acids is 1. The summed E-state index contributed by atoms with van der Waals surface area (Å²) in [5.74, 6) is 0.707. The first-order valence-electron chi connectivity index (χ1n) is 11.4. The highest BCUT2D eigenvalue weighted by Gasteiger charge is 2.20. The lowest BCUT2D eigenvalue weighted by atomic mass is 10.2. The van der Waals surface area contributed by atoms with Crippen molar-refractivity contribution in [3.63, 3.8) is 0 Å². The van der Waals surface area contributed by atoms with E-state index >= 15 is 0 Å². The number of thioether (sulfide) groups is 1. The number of morpholine rings is 1. The number of rotatable bonds is 10. The summed E-state index contributed by atoms with van der Waals surface area (Å²) in [6, 6.07) is 12.7. The van der Waals surface area contributed by atoms with Crippen LogP contribution in [-0.4, -0.2) is 60.9 Å². The van der Waals surface area contributed by atoms with E-state index in [1.807, 2.05) is 11.0 Å². The van der Waals surface area contributed by atoms with E-state index in [-0.39, 0.29) is 24.1 Å². The van der Waals surface area contributed by atoms with Crippen molar-refractivity contribution in [1.82, 2.24) is 9.88 Å². The average molecular weight is 524 g/mol. The number of aromatic nitrogens is 1. The maximum absolute atomic E-state index is 13.2. The first kappa shape index (κ1) is 26.9. The summed E-state index contributed by atoms with van der Waals surface area (Å²) >= 11 is 3.24. The van der Waals surface area contributed by atoms with E-state index in [9.17, 15) is 9.18 Å². The number of anilines is 1. The van der Waals surface area contributed by atoms with Gasteiger partial charge in [0.1, 0.15) is 5.82 Å². The topological polar surface area (TPSA) is 45.7 Å². The largest absolute Gasteiger partial charge is 0.379 e. The fourth-order valence-corrected chi connectivity index (χ4v) is 5.78. The molecule has 0 unspecified atom stereocenters. The van der Waals surface area contributed by atoms with Crippen molar-refractivity contribution in [2.75, 3.05) is 50.0 Å². The van der Waals surface area contributed by atoms with Gasteiger partial charge in [0.2, 0.25) is 5.91 Å². The van der Waals surface area contributed by atoms with E-state index in [0.717, 1.165) is 71.7 Å². The zero-order valence-corrected chi connectivity index (χ0v) is 21.8. The molecule has 1 aliphatic rings. The molecule has 0 bridgehead atoms. The van der Waals surface area contributed by atoms with Crippen molar-refractivity contribution in [3.8, 4) is 0 Å². The van der Waals surface area contributed by atoms with Gasteiger partial charge in [0.25, 0.3) is 0 Å². The number of fused-ring (bicyclic) bond motifs is 1. The van der Waals surface area contributed by atoms with Crippen molar-refractivity contribution >= 4 is 56.8 Å². The molecule has 0 N–H and O–H groups in total. The molecule has 184 valence electrons. The van der Waals surface area contributed by atoms with Crippen molar-refractivity contribution < 1.29 is 13.9 Å². The Kier molecular flexibility index (Phi) is 10.6. The summed E-state index contributed by atoms with van der Waals surface area (Å²) in [6.07, 6.45) is 2.15. The zero-order chi connectivity index (χ0) is 23.0. The van der Waals surface area contributed by atoms with Crippen LogP contribution in [0.5, 0.6) is 0 Å². The lowest BCUT2D eigenvalue weighted by Gasteiger charge is -2.27. The van der Waals surface area contributed by atoms with Gasteiger partial charge < -0.3 is 4.74 Å². The molecule has 0 aliphatic carbocycles. The predicted molar refractivity (Wildman–Crippen MR) is 142 cm³/mol. The molecule has 0 radical (unpaired) electrons. The van der Waals surface area contributed by atoms with Crippen LogP contribution in [0.2, 0.25) is 0 Å². The van der Waals surface area contributed by atoms with Gasteiger partial charge in [0.05, 0.1) is 23.4 Å². The van der Waals surface area contributed by atoms with Crippen molar-refractivity contribution in [1.29, 1.82) is 0 Å². The van der Waals surface area contributed by atoms with Crippen LogP contribution in [0.4, 0.5) is 9.52 Å². The molecule has 5 nitrogen and oxygen atoms in total. The number of thiazole rings is 1. The summed E-state index contributed by atoms with van der Waals surface area (Å²) in [5, 5.41) is 0.786. The summed E-state index contributed by atoms with van der Waals surface area (Å²) in [6.45, 7) is 7.17. The minimum atomic E-state index is -0.228. The Labute approximate surface area is 215 Å². The molecule has 0 spiro atoms. The normalized spacial score (nSPS) is 14.2. The molecule has 4 rings (SSSR count). The molecule has 3 aromatic rings. The van der Waals surface area contributed by atoms with Crippen LogP contribution in [0.1, 0.15) is 24.8 Å². The number of benzene rings is 2. The predicted octanol–water partition coefficient (Wildman–Crippen LogP) is 5.79. The summed E-state index contributed by atoms with van der Waals surface area (Å²) in [4.78, 5) is 23.3. The summed E-state index contributed by atoms with van der Waals surface area (Å²) in [7, 11) is 0. The third-order valence-corrected chi connectivity index (χ3v) is 7.78. The highest BCUT2D eigenvalue weighted by atomic mass is 35.5. The number of nitrogens with zero attached hydrogens (tertiary/aromatic N) is 3. The second-order valence-electron chi connectivity index (χ2n) is 8.23. The Bertz CT molecular complexity index is 1060. The Morgan fingerprint density at radius 3 is 2.71 bits per heavy atom. The number of halogens is 2. The number of amides is 1. The molecule has 1 fully saturated rings. The first-order valence-corrected chi connectivity index (χ1v) is 13.2. The zero-order valence-electron chi connectivity index (χ0n) is 19.4. The SMILES string of the molecule is Cc1ccc2nc(N(CCCN3CCOCC3)C(=O)CCCSc3ccc(F)cc3)sc2c1.Cl. The maximum Gasteiger partial charge on any atom is 0.228 e. The van der Waals surface area contributed by atoms with E-state index in [1.54, 1.807) is 35.2 Å². The molecule has 9 heteroatoms. The molecule has 1 aliphatic heterocycles. The van der Waals surface area contributed by atoms with E-state index < -0.39 is 0 Å². The second-order valence-corrected chi connectivity index (χ2v) is 10.4. The van der Waals surface area contributed by atoms with Crippen LogP contribution in [0, 0.1) is 12.7 Å². The molecule has 34 heavy (non-hydrogen) atoms. The highest BCUT2D eigenvalue weighted by molar-refractivity contribution is 7.99. The van der Waals surface area contributed by atoms with Crippen molar-refractivity contribution in [2.45, 2.75) is 31.1 Å². The summed E-state index contributed by atoms with van der Waals surface area (Å²) in [5.41, 5.74) is 2.14. The van der Waals surface area contributed by atoms with Gasteiger partial charge in [0.15, 0.2) is 5.13 Å². The molecular formula is C25H31ClFN3O2S2. The van der Waals surface area contributed by atoms with Gasteiger partial charge >= 0.3 is 0 Å². The molecule has 1 amide bonds. The van der Waals surface area contributed by atoms with Crippen LogP contribution in [0.15, 0.2) is 47.4 Å². The quantitative estimate of drug-likeness (QED) is 0.248. The maximum atomic E-state index is 13.2. The number of hydrogen-bond donors (Lipinski definition) is 0. The molecule has 2 aromatic carbocycles. The van der Waals surface area contributed by atoms with E-state index in [4.69, 9.17) is 9.72 Å². The minimum Gasteiger partial charge on any atom is -0.379 e. The van der Waals surface area contributed by atoms with Gasteiger partial charge in [-0.1, -0.05) is 17.4 Å². The lowest BCUT2D eigenvalue weighted by Crippen LogP contribution is -2.39. The Balaban J connectivity index is 0.00000324. The van der Waals surface area contributed by atoms with Crippen molar-refractivity contribution in [3.05, 3.63) is 53.8 Å². The minimum absolute atomic E-state index is 0. The van der Waals surface area contributed by atoms with Crippen LogP contribution in [0.3, 0.4) is 0 Å². The molecule has 0 atom stereocenters. The van der Waals surface area contributed by atoms with Crippen molar-refractivity contribution in [2.24, 2.45) is 0 Å². The van der Waals surface area contributed by atoms with Crippen LogP contribution < -0.4 is 4.90 Å². The third kappa shape index (κ3) is 7.65. The Morgan fingerprint density at radius 1 is 1.18 bits per heavy atom. The number of carbonyl (C=O) groups is 1. The van der Waals surface area contributed by atoms with Gasteiger partial charge in [0, 0.05) is 37.5 Å². The lowest BCUT2D eigenvalue weighted by molar-refractivity contribution is -0.118. The molecule has 2 heterocycles. The third-order valence-electron chi connectivity index (χ3n) is 5.64. The number of hydrogen-bond acceptors (Lipinski definition) is 6. The molecule has 0 saturated carbocycles. The van der Waals surface area contributed by atoms with Crippen LogP contribution in [0.25, 0.3) is 10.2 Å². The fourth-order valence-electron chi connectivity index (χ4n) is 3.82. The first-order chi connectivity index (χ1) is 16.1. The second kappa shape index (κ2) is 13.4.